The SMILES string of the molecule is CCc1cc(C)nc(NN=C(C)c2cccc(C(C)CC)c2)n1. The van der Waals surface area contributed by atoms with Gasteiger partial charge in [-0.2, -0.15) is 5.10 Å². The second-order valence-electron chi connectivity index (χ2n) is 5.92. The van der Waals surface area contributed by atoms with Gasteiger partial charge in [0.05, 0.1) is 5.71 Å². The van der Waals surface area contributed by atoms with E-state index in [2.05, 4.69) is 65.5 Å². The second kappa shape index (κ2) is 7.86. The van der Waals surface area contributed by atoms with Gasteiger partial charge in [-0.05, 0) is 55.9 Å². The van der Waals surface area contributed by atoms with Crippen molar-refractivity contribution in [1.29, 1.82) is 0 Å². The molecular formula is C19H26N4. The molecule has 0 aliphatic heterocycles. The zero-order valence-corrected chi connectivity index (χ0v) is 14.7. The summed E-state index contributed by atoms with van der Waals surface area (Å²) in [4.78, 5) is 8.82. The lowest BCUT2D eigenvalue weighted by Gasteiger charge is -2.11. The Labute approximate surface area is 139 Å². The van der Waals surface area contributed by atoms with Crippen molar-refractivity contribution in [3.05, 3.63) is 52.8 Å². The van der Waals surface area contributed by atoms with Crippen molar-refractivity contribution in [2.75, 3.05) is 5.43 Å². The molecule has 1 atom stereocenters. The highest BCUT2D eigenvalue weighted by molar-refractivity contribution is 5.99. The van der Waals surface area contributed by atoms with Crippen LogP contribution in [0.4, 0.5) is 5.95 Å². The molecule has 4 nitrogen and oxygen atoms in total. The summed E-state index contributed by atoms with van der Waals surface area (Å²) in [7, 11) is 0. The van der Waals surface area contributed by atoms with Gasteiger partial charge in [0.2, 0.25) is 5.95 Å². The van der Waals surface area contributed by atoms with Gasteiger partial charge < -0.3 is 0 Å². The van der Waals surface area contributed by atoms with Crippen LogP contribution in [0.15, 0.2) is 35.4 Å². The normalized spacial score (nSPS) is 13.0. The summed E-state index contributed by atoms with van der Waals surface area (Å²) in [6, 6.07) is 10.6. The second-order valence-corrected chi connectivity index (χ2v) is 5.92. The van der Waals surface area contributed by atoms with Crippen LogP contribution >= 0.6 is 0 Å². The Morgan fingerprint density at radius 1 is 1.22 bits per heavy atom. The van der Waals surface area contributed by atoms with Gasteiger partial charge in [0.25, 0.3) is 0 Å². The van der Waals surface area contributed by atoms with E-state index in [0.29, 0.717) is 11.9 Å². The van der Waals surface area contributed by atoms with E-state index in [0.717, 1.165) is 35.5 Å². The predicted octanol–water partition coefficient (Wildman–Crippen LogP) is 4.70. The average Bonchev–Trinajstić information content (AvgIpc) is 2.58. The van der Waals surface area contributed by atoms with E-state index in [9.17, 15) is 0 Å². The first-order valence-corrected chi connectivity index (χ1v) is 8.28. The molecule has 0 bridgehead atoms. The molecule has 2 rings (SSSR count). The highest BCUT2D eigenvalue weighted by Gasteiger charge is 2.06. The van der Waals surface area contributed by atoms with Crippen LogP contribution in [0.1, 0.15) is 62.5 Å². The molecule has 0 fully saturated rings. The molecule has 1 N–H and O–H groups in total. The minimum absolute atomic E-state index is 0.555. The highest BCUT2D eigenvalue weighted by Crippen LogP contribution is 2.19. The van der Waals surface area contributed by atoms with Crippen LogP contribution < -0.4 is 5.43 Å². The molecule has 1 aromatic carbocycles. The first-order chi connectivity index (χ1) is 11.0. The van der Waals surface area contributed by atoms with Gasteiger partial charge in [-0.15, -0.1) is 0 Å². The first-order valence-electron chi connectivity index (χ1n) is 8.28. The maximum Gasteiger partial charge on any atom is 0.243 e. The van der Waals surface area contributed by atoms with Gasteiger partial charge in [0.1, 0.15) is 0 Å². The first kappa shape index (κ1) is 17.1. The van der Waals surface area contributed by atoms with E-state index in [1.54, 1.807) is 0 Å². The fourth-order valence-electron chi connectivity index (χ4n) is 2.37. The Hall–Kier alpha value is -2.23. The van der Waals surface area contributed by atoms with Crippen molar-refractivity contribution in [3.8, 4) is 0 Å². The Balaban J connectivity index is 2.18. The van der Waals surface area contributed by atoms with Crippen LogP contribution in [0.25, 0.3) is 0 Å². The fourth-order valence-corrected chi connectivity index (χ4v) is 2.37. The number of aryl methyl sites for hydroxylation is 2. The summed E-state index contributed by atoms with van der Waals surface area (Å²) in [5, 5.41) is 4.45. The van der Waals surface area contributed by atoms with E-state index >= 15 is 0 Å². The number of hydrogen-bond acceptors (Lipinski definition) is 4. The standard InChI is InChI=1S/C19H26N4/c1-6-13(3)16-9-8-10-17(12-16)15(5)22-23-19-20-14(4)11-18(7-2)21-19/h8-13H,6-7H2,1-5H3,(H,20,21,23). The molecule has 0 spiro atoms. The Bertz CT molecular complexity index is 692. The van der Waals surface area contributed by atoms with Crippen LogP contribution in [0, 0.1) is 6.92 Å². The molecule has 0 aliphatic rings. The molecule has 122 valence electrons. The molecule has 2 aromatic rings. The maximum atomic E-state index is 4.45. The van der Waals surface area contributed by atoms with E-state index in [4.69, 9.17) is 0 Å². The summed E-state index contributed by atoms with van der Waals surface area (Å²) < 4.78 is 0. The number of aromatic nitrogens is 2. The summed E-state index contributed by atoms with van der Waals surface area (Å²) in [5.41, 5.74) is 8.36. The number of rotatable bonds is 6. The van der Waals surface area contributed by atoms with E-state index in [-0.39, 0.29) is 0 Å². The third kappa shape index (κ3) is 4.62. The number of anilines is 1. The number of nitrogens with one attached hydrogen (secondary N) is 1. The average molecular weight is 310 g/mol. The number of benzene rings is 1. The molecular weight excluding hydrogens is 284 g/mol. The predicted molar refractivity (Wildman–Crippen MR) is 97.1 cm³/mol. The van der Waals surface area contributed by atoms with Crippen molar-refractivity contribution in [2.45, 2.75) is 53.4 Å². The highest BCUT2D eigenvalue weighted by atomic mass is 15.4. The van der Waals surface area contributed by atoms with Crippen molar-refractivity contribution in [2.24, 2.45) is 5.10 Å². The molecule has 1 unspecified atom stereocenters. The summed E-state index contributed by atoms with van der Waals surface area (Å²) >= 11 is 0. The van der Waals surface area contributed by atoms with Gasteiger partial charge >= 0.3 is 0 Å². The molecule has 0 saturated carbocycles. The molecule has 0 saturated heterocycles. The third-order valence-corrected chi connectivity index (χ3v) is 4.08. The monoisotopic (exact) mass is 310 g/mol. The Morgan fingerprint density at radius 3 is 2.70 bits per heavy atom. The zero-order valence-electron chi connectivity index (χ0n) is 14.7. The van der Waals surface area contributed by atoms with Crippen LogP contribution in [-0.4, -0.2) is 15.7 Å². The molecule has 1 aromatic heterocycles. The van der Waals surface area contributed by atoms with Gasteiger partial charge in [0, 0.05) is 11.4 Å². The smallest absolute Gasteiger partial charge is 0.243 e. The zero-order chi connectivity index (χ0) is 16.8. The lowest BCUT2D eigenvalue weighted by atomic mass is 9.96. The van der Waals surface area contributed by atoms with Gasteiger partial charge in [0.15, 0.2) is 0 Å². The Kier molecular flexibility index (Phi) is 5.85. The third-order valence-electron chi connectivity index (χ3n) is 4.08. The molecule has 4 heteroatoms. The lowest BCUT2D eigenvalue weighted by Crippen LogP contribution is -2.05. The summed E-state index contributed by atoms with van der Waals surface area (Å²) in [6.07, 6.45) is 2.02. The van der Waals surface area contributed by atoms with Gasteiger partial charge in [-0.25, -0.2) is 15.4 Å². The summed E-state index contributed by atoms with van der Waals surface area (Å²) in [6.45, 7) is 10.5. The van der Waals surface area contributed by atoms with Crippen molar-refractivity contribution in [1.82, 2.24) is 9.97 Å². The molecule has 23 heavy (non-hydrogen) atoms. The Morgan fingerprint density at radius 2 is 2.00 bits per heavy atom. The topological polar surface area (TPSA) is 50.2 Å². The van der Waals surface area contributed by atoms with Crippen LogP contribution in [-0.2, 0) is 6.42 Å². The van der Waals surface area contributed by atoms with E-state index in [1.165, 1.54) is 5.56 Å². The van der Waals surface area contributed by atoms with Crippen LogP contribution in [0.2, 0.25) is 0 Å². The maximum absolute atomic E-state index is 4.45. The van der Waals surface area contributed by atoms with Gasteiger partial charge in [-0.3, -0.25) is 0 Å². The number of hydrogen-bond donors (Lipinski definition) is 1. The lowest BCUT2D eigenvalue weighted by molar-refractivity contribution is 0.733. The van der Waals surface area contributed by atoms with Crippen molar-refractivity contribution >= 4 is 11.7 Å². The number of nitrogens with zero attached hydrogens (tertiary/aromatic N) is 3. The minimum atomic E-state index is 0.555. The number of hydrazone groups is 1. The fraction of sp³-hybridized carbons (Fsp3) is 0.421. The van der Waals surface area contributed by atoms with E-state index in [1.807, 2.05) is 19.9 Å². The quantitative estimate of drug-likeness (QED) is 0.621. The molecule has 0 radical (unpaired) electrons. The van der Waals surface area contributed by atoms with Gasteiger partial charge in [-0.1, -0.05) is 39.0 Å². The van der Waals surface area contributed by atoms with Crippen molar-refractivity contribution < 1.29 is 0 Å². The largest absolute Gasteiger partial charge is 0.245 e. The minimum Gasteiger partial charge on any atom is -0.245 e. The van der Waals surface area contributed by atoms with Crippen LogP contribution in [0.3, 0.4) is 0 Å². The van der Waals surface area contributed by atoms with Crippen LogP contribution in [0.5, 0.6) is 0 Å². The van der Waals surface area contributed by atoms with E-state index < -0.39 is 0 Å². The molecule has 0 aliphatic carbocycles. The molecule has 0 amide bonds. The summed E-state index contributed by atoms with van der Waals surface area (Å²) in [5.74, 6) is 1.11. The van der Waals surface area contributed by atoms with Crippen molar-refractivity contribution in [3.63, 3.8) is 0 Å². The molecule has 1 heterocycles.